The monoisotopic (exact) mass is 431 g/mol. The Morgan fingerprint density at radius 1 is 1.30 bits per heavy atom. The highest BCUT2D eigenvalue weighted by atomic mass is 32.2. The lowest BCUT2D eigenvalue weighted by Gasteiger charge is -2.31. The highest BCUT2D eigenvalue weighted by Gasteiger charge is 2.29. The number of nitriles is 1. The lowest BCUT2D eigenvalue weighted by molar-refractivity contribution is 0.0745. The Balaban J connectivity index is 0.00000155. The Bertz CT molecular complexity index is 797. The van der Waals surface area contributed by atoms with Gasteiger partial charge >= 0.3 is 0 Å². The molecule has 1 saturated carbocycles. The second kappa shape index (κ2) is 12.6. The summed E-state index contributed by atoms with van der Waals surface area (Å²) in [5.41, 5.74) is 2.88. The minimum atomic E-state index is -1.17. The number of nitrogens with zero attached hydrogens (tertiary/aromatic N) is 3. The molecule has 164 valence electrons. The van der Waals surface area contributed by atoms with Gasteiger partial charge in [-0.15, -0.1) is 0 Å². The van der Waals surface area contributed by atoms with Gasteiger partial charge in [0.05, 0.1) is 18.9 Å². The van der Waals surface area contributed by atoms with Crippen molar-refractivity contribution in [3.8, 4) is 6.07 Å². The van der Waals surface area contributed by atoms with Crippen molar-refractivity contribution in [3.63, 3.8) is 0 Å². The van der Waals surface area contributed by atoms with Gasteiger partial charge in [-0.3, -0.25) is 5.10 Å². The maximum atomic E-state index is 12.5. The molecule has 1 atom stereocenters. The van der Waals surface area contributed by atoms with Crippen LogP contribution < -0.4 is 4.72 Å². The zero-order chi connectivity index (χ0) is 21.9. The molecule has 2 heterocycles. The number of nitrogens with one attached hydrogen (secondary N) is 2. The molecule has 0 spiro atoms. The van der Waals surface area contributed by atoms with Crippen LogP contribution in [0.4, 0.5) is 0 Å². The van der Waals surface area contributed by atoms with Crippen molar-refractivity contribution in [1.29, 1.82) is 5.26 Å². The van der Waals surface area contributed by atoms with Crippen molar-refractivity contribution in [2.75, 3.05) is 26.3 Å². The van der Waals surface area contributed by atoms with Gasteiger partial charge in [-0.1, -0.05) is 45.2 Å². The van der Waals surface area contributed by atoms with Crippen LogP contribution in [0.25, 0.3) is 5.57 Å². The minimum absolute atomic E-state index is 0.220. The van der Waals surface area contributed by atoms with Crippen LogP contribution in [0.15, 0.2) is 31.4 Å². The van der Waals surface area contributed by atoms with Crippen molar-refractivity contribution in [2.45, 2.75) is 51.5 Å². The molecule has 0 radical (unpaired) electrons. The topological polar surface area (TPSA) is 94.0 Å². The fraction of sp³-hybridized carbons (Fsp3) is 0.545. The SMILES string of the molecule is C=C/C=C(\C=C)c1n[nH]c(C2CCC(NS(=O)N3CCOCC3)CC2)c1C#N.CC. The van der Waals surface area contributed by atoms with E-state index in [1.165, 1.54) is 0 Å². The fourth-order valence-electron chi connectivity index (χ4n) is 3.77. The molecule has 8 heteroatoms. The van der Waals surface area contributed by atoms with Gasteiger partial charge in [-0.2, -0.15) is 10.4 Å². The summed E-state index contributed by atoms with van der Waals surface area (Å²) in [5, 5.41) is 17.1. The predicted octanol–water partition coefficient (Wildman–Crippen LogP) is 3.59. The van der Waals surface area contributed by atoms with Crippen molar-refractivity contribution < 1.29 is 8.95 Å². The quantitative estimate of drug-likeness (QED) is 0.645. The molecule has 1 aromatic rings. The number of rotatable bonds is 7. The fourth-order valence-corrected chi connectivity index (χ4v) is 4.92. The van der Waals surface area contributed by atoms with Gasteiger partial charge in [0, 0.05) is 30.6 Å². The van der Waals surface area contributed by atoms with Crippen LogP contribution >= 0.6 is 0 Å². The number of morpholine rings is 1. The second-order valence-corrected chi connectivity index (χ2v) is 8.24. The second-order valence-electron chi connectivity index (χ2n) is 6.99. The average Bonchev–Trinajstić information content (AvgIpc) is 3.23. The summed E-state index contributed by atoms with van der Waals surface area (Å²) in [6, 6.07) is 2.52. The molecule has 1 aromatic heterocycles. The van der Waals surface area contributed by atoms with E-state index in [1.54, 1.807) is 18.2 Å². The predicted molar refractivity (Wildman–Crippen MR) is 122 cm³/mol. The summed E-state index contributed by atoms with van der Waals surface area (Å²) in [6.45, 7) is 14.2. The van der Waals surface area contributed by atoms with Crippen molar-refractivity contribution in [1.82, 2.24) is 19.2 Å². The van der Waals surface area contributed by atoms with Gasteiger partial charge < -0.3 is 4.74 Å². The van der Waals surface area contributed by atoms with E-state index in [2.05, 4.69) is 34.1 Å². The Morgan fingerprint density at radius 2 is 1.97 bits per heavy atom. The van der Waals surface area contributed by atoms with E-state index >= 15 is 0 Å². The normalized spacial score (nSPS) is 23.6. The number of allylic oxidation sites excluding steroid dienone is 4. The lowest BCUT2D eigenvalue weighted by Crippen LogP contribution is -2.46. The molecule has 3 rings (SSSR count). The Hall–Kier alpha value is -2.05. The molecule has 1 aliphatic carbocycles. The molecule has 2 aliphatic rings. The van der Waals surface area contributed by atoms with E-state index in [-0.39, 0.29) is 12.0 Å². The first-order chi connectivity index (χ1) is 14.7. The molecular weight excluding hydrogens is 398 g/mol. The number of ether oxygens (including phenoxy) is 1. The average molecular weight is 432 g/mol. The van der Waals surface area contributed by atoms with E-state index < -0.39 is 11.2 Å². The molecule has 0 aromatic carbocycles. The Kier molecular flexibility index (Phi) is 10.2. The first-order valence-electron chi connectivity index (χ1n) is 10.6. The molecule has 7 nitrogen and oxygen atoms in total. The maximum Gasteiger partial charge on any atom is 0.170 e. The van der Waals surface area contributed by atoms with Crippen LogP contribution in [0.2, 0.25) is 0 Å². The third-order valence-electron chi connectivity index (χ3n) is 5.30. The summed E-state index contributed by atoms with van der Waals surface area (Å²) >= 11 is -1.17. The van der Waals surface area contributed by atoms with Crippen LogP contribution in [0.1, 0.15) is 62.4 Å². The van der Waals surface area contributed by atoms with E-state index in [0.29, 0.717) is 37.6 Å². The highest BCUT2D eigenvalue weighted by molar-refractivity contribution is 7.80. The van der Waals surface area contributed by atoms with Crippen LogP contribution in [0, 0.1) is 11.3 Å². The van der Waals surface area contributed by atoms with Crippen molar-refractivity contribution >= 4 is 16.7 Å². The van der Waals surface area contributed by atoms with Crippen molar-refractivity contribution in [3.05, 3.63) is 48.3 Å². The first-order valence-corrected chi connectivity index (χ1v) is 11.7. The number of hydrogen-bond acceptors (Lipinski definition) is 4. The molecule has 30 heavy (non-hydrogen) atoms. The van der Waals surface area contributed by atoms with E-state index in [0.717, 1.165) is 37.0 Å². The minimum Gasteiger partial charge on any atom is -0.379 e. The standard InChI is InChI=1S/C20H27N5O2S.C2H6/c1-3-5-15(4-2)19-18(14-21)20(23-22-19)16-6-8-17(9-7-16)24-28(26)25-10-12-27-13-11-25;1-2/h3-5,16-17,24H,1-2,6-13H2,(H,22,23);1-2H3/b15-5+;. The molecule has 1 unspecified atom stereocenters. The number of hydrogen-bond donors (Lipinski definition) is 2. The number of aromatic nitrogens is 2. The number of H-pyrrole nitrogens is 1. The third-order valence-corrected chi connectivity index (χ3v) is 6.67. The Labute approximate surface area is 182 Å². The van der Waals surface area contributed by atoms with Crippen LogP contribution in [0.5, 0.6) is 0 Å². The number of aromatic amines is 1. The molecular formula is C22H33N5O2S. The van der Waals surface area contributed by atoms with Gasteiger partial charge in [0.1, 0.15) is 17.3 Å². The largest absolute Gasteiger partial charge is 0.379 e. The zero-order valence-corrected chi connectivity index (χ0v) is 18.8. The lowest BCUT2D eigenvalue weighted by atomic mass is 9.83. The van der Waals surface area contributed by atoms with Gasteiger partial charge in [0.2, 0.25) is 0 Å². The van der Waals surface area contributed by atoms with E-state index in [1.807, 2.05) is 18.2 Å². The summed E-state index contributed by atoms with van der Waals surface area (Å²) in [7, 11) is 0. The van der Waals surface area contributed by atoms with E-state index in [9.17, 15) is 9.47 Å². The first kappa shape index (κ1) is 24.2. The summed E-state index contributed by atoms with van der Waals surface area (Å²) in [6.07, 6.45) is 8.82. The Morgan fingerprint density at radius 3 is 2.53 bits per heavy atom. The van der Waals surface area contributed by atoms with Crippen LogP contribution in [0.3, 0.4) is 0 Å². The summed E-state index contributed by atoms with van der Waals surface area (Å²) in [5.74, 6) is 0.251. The van der Waals surface area contributed by atoms with Crippen molar-refractivity contribution in [2.24, 2.45) is 0 Å². The molecule has 2 fully saturated rings. The van der Waals surface area contributed by atoms with Gasteiger partial charge in [-0.25, -0.2) is 13.2 Å². The molecule has 0 amide bonds. The van der Waals surface area contributed by atoms with Crippen LogP contribution in [-0.2, 0) is 15.9 Å². The molecule has 1 aliphatic heterocycles. The highest BCUT2D eigenvalue weighted by Crippen LogP contribution is 2.35. The van der Waals surface area contributed by atoms with Gasteiger partial charge in [0.15, 0.2) is 11.2 Å². The van der Waals surface area contributed by atoms with Gasteiger partial charge in [0.25, 0.3) is 0 Å². The van der Waals surface area contributed by atoms with Crippen LogP contribution in [-0.4, -0.2) is 51.1 Å². The van der Waals surface area contributed by atoms with Gasteiger partial charge in [-0.05, 0) is 25.7 Å². The zero-order valence-electron chi connectivity index (χ0n) is 18.0. The third kappa shape index (κ3) is 5.99. The maximum absolute atomic E-state index is 12.5. The molecule has 0 bridgehead atoms. The smallest absolute Gasteiger partial charge is 0.170 e. The summed E-state index contributed by atoms with van der Waals surface area (Å²) < 4.78 is 23.0. The molecule has 2 N–H and O–H groups in total. The summed E-state index contributed by atoms with van der Waals surface area (Å²) in [4.78, 5) is 0. The van der Waals surface area contributed by atoms with E-state index in [4.69, 9.17) is 4.74 Å². The molecule has 1 saturated heterocycles.